The molecule has 0 unspecified atom stereocenters. The lowest BCUT2D eigenvalue weighted by atomic mass is 10.0. The number of carbonyl (C=O) groups is 2. The summed E-state index contributed by atoms with van der Waals surface area (Å²) >= 11 is 0. The fourth-order valence-electron chi connectivity index (χ4n) is 5.35. The van der Waals surface area contributed by atoms with Crippen LogP contribution in [-0.4, -0.2) is 70.0 Å². The van der Waals surface area contributed by atoms with Crippen LogP contribution in [-0.2, 0) is 19.1 Å². The van der Waals surface area contributed by atoms with Crippen LogP contribution in [0.25, 0.3) is 0 Å². The van der Waals surface area contributed by atoms with E-state index in [0.29, 0.717) is 6.42 Å². The second-order valence-corrected chi connectivity index (χ2v) is 13.2. The Bertz CT molecular complexity index is 881. The first-order valence-electron chi connectivity index (χ1n) is 19.5. The Balaban J connectivity index is 3.91. The molecule has 0 amide bonds. The molecule has 0 saturated carbocycles. The van der Waals surface area contributed by atoms with Crippen LogP contribution in [0.15, 0.2) is 48.6 Å². The summed E-state index contributed by atoms with van der Waals surface area (Å²) in [4.78, 5) is 24.3. The van der Waals surface area contributed by atoms with Crippen molar-refractivity contribution in [1.29, 1.82) is 0 Å². The highest BCUT2D eigenvalue weighted by Gasteiger charge is 2.17. The van der Waals surface area contributed by atoms with E-state index in [0.717, 1.165) is 44.9 Å². The van der Waals surface area contributed by atoms with Crippen molar-refractivity contribution in [2.24, 2.45) is 0 Å². The number of aliphatic hydroxyl groups excluding tert-OH is 4. The largest absolute Gasteiger partial charge is 0.462 e. The van der Waals surface area contributed by atoms with E-state index < -0.39 is 43.0 Å². The first-order valence-corrected chi connectivity index (χ1v) is 19.5. The first-order chi connectivity index (χ1) is 23.8. The summed E-state index contributed by atoms with van der Waals surface area (Å²) in [6.45, 7) is 3.73. The minimum absolute atomic E-state index is 0.0320. The van der Waals surface area contributed by atoms with Gasteiger partial charge in [0.15, 0.2) is 6.10 Å². The molecule has 4 N–H and O–H groups in total. The average Bonchev–Trinajstić information content (AvgIpc) is 3.09. The summed E-state index contributed by atoms with van der Waals surface area (Å²) < 4.78 is 10.4. The Morgan fingerprint density at radius 2 is 1.02 bits per heavy atom. The van der Waals surface area contributed by atoms with E-state index in [1.807, 2.05) is 6.08 Å². The fraction of sp³-hybridized carbons (Fsp3) is 0.756. The number of hydrogen-bond acceptors (Lipinski definition) is 8. The van der Waals surface area contributed by atoms with Gasteiger partial charge in [-0.1, -0.05) is 172 Å². The predicted octanol–water partition coefficient (Wildman–Crippen LogP) is 8.75. The maximum atomic E-state index is 12.2. The number of aliphatic hydroxyl groups is 4. The second-order valence-electron chi connectivity index (χ2n) is 13.2. The third-order valence-electron chi connectivity index (χ3n) is 8.49. The van der Waals surface area contributed by atoms with Gasteiger partial charge in [0.2, 0.25) is 0 Å². The number of unbranched alkanes of at least 4 members (excludes halogenated alkanes) is 16. The van der Waals surface area contributed by atoms with Gasteiger partial charge in [0.25, 0.3) is 0 Å². The van der Waals surface area contributed by atoms with Gasteiger partial charge < -0.3 is 29.9 Å². The molecule has 0 saturated heterocycles. The SMILES string of the molecule is CCCCCCCCCCCCCCCCCC(=O)O[C@@H](CO)COC(=O)CCC[C@@H](O)[C@H](O)/C=C/C=C/C=C\C=C\[C@H](O)CCCCC. The molecular weight excluding hydrogens is 620 g/mol. The highest BCUT2D eigenvalue weighted by Crippen LogP contribution is 2.14. The van der Waals surface area contributed by atoms with Crippen molar-refractivity contribution in [2.75, 3.05) is 13.2 Å². The van der Waals surface area contributed by atoms with E-state index in [1.54, 1.807) is 36.5 Å². The first kappa shape index (κ1) is 46.7. The Labute approximate surface area is 298 Å². The van der Waals surface area contributed by atoms with Crippen LogP contribution in [0.1, 0.15) is 162 Å². The van der Waals surface area contributed by atoms with Crippen molar-refractivity contribution in [2.45, 2.75) is 186 Å². The number of allylic oxidation sites excluding steroid dienone is 6. The van der Waals surface area contributed by atoms with E-state index in [-0.39, 0.29) is 25.9 Å². The lowest BCUT2D eigenvalue weighted by molar-refractivity contribution is -0.161. The normalized spacial score (nSPS) is 14.7. The summed E-state index contributed by atoms with van der Waals surface area (Å²) in [5.41, 5.74) is 0. The van der Waals surface area contributed by atoms with Crippen LogP contribution >= 0.6 is 0 Å². The Morgan fingerprint density at radius 3 is 1.57 bits per heavy atom. The zero-order valence-corrected chi connectivity index (χ0v) is 31.0. The zero-order chi connectivity index (χ0) is 36.2. The second kappa shape index (κ2) is 35.6. The highest BCUT2D eigenvalue weighted by atomic mass is 16.6. The Kier molecular flexibility index (Phi) is 33.9. The molecule has 0 heterocycles. The van der Waals surface area contributed by atoms with Gasteiger partial charge in [-0.25, -0.2) is 0 Å². The van der Waals surface area contributed by atoms with E-state index >= 15 is 0 Å². The van der Waals surface area contributed by atoms with Crippen molar-refractivity contribution in [3.05, 3.63) is 48.6 Å². The lowest BCUT2D eigenvalue weighted by Gasteiger charge is -2.16. The molecule has 0 aliphatic heterocycles. The lowest BCUT2D eigenvalue weighted by Crippen LogP contribution is -2.28. The Hall–Kier alpha value is -2.26. The fourth-order valence-corrected chi connectivity index (χ4v) is 5.35. The maximum absolute atomic E-state index is 12.2. The molecule has 0 aliphatic rings. The minimum atomic E-state index is -1.08. The summed E-state index contributed by atoms with van der Waals surface area (Å²) in [6, 6.07) is 0. The topological polar surface area (TPSA) is 134 Å². The molecule has 0 fully saturated rings. The van der Waals surface area contributed by atoms with Crippen molar-refractivity contribution >= 4 is 11.9 Å². The molecule has 4 atom stereocenters. The van der Waals surface area contributed by atoms with Crippen molar-refractivity contribution in [3.8, 4) is 0 Å². The third kappa shape index (κ3) is 32.7. The van der Waals surface area contributed by atoms with Crippen molar-refractivity contribution in [3.63, 3.8) is 0 Å². The van der Waals surface area contributed by atoms with Crippen molar-refractivity contribution < 1.29 is 39.5 Å². The van der Waals surface area contributed by atoms with Crippen LogP contribution in [0.5, 0.6) is 0 Å². The molecule has 0 aromatic heterocycles. The van der Waals surface area contributed by atoms with Gasteiger partial charge in [-0.15, -0.1) is 0 Å². The van der Waals surface area contributed by atoms with E-state index in [1.165, 1.54) is 83.1 Å². The number of hydrogen-bond donors (Lipinski definition) is 4. The molecular formula is C41H72O8. The van der Waals surface area contributed by atoms with Crippen LogP contribution in [0, 0.1) is 0 Å². The molecule has 0 spiro atoms. The molecule has 0 rings (SSSR count). The van der Waals surface area contributed by atoms with Gasteiger partial charge in [-0.3, -0.25) is 9.59 Å². The van der Waals surface area contributed by atoms with Gasteiger partial charge in [0, 0.05) is 12.8 Å². The standard InChI is InChI=1S/C41H72O8/c1-3-5-7-8-9-10-11-12-13-14-15-16-17-22-26-32-41(47)49-37(34-42)35-48-40(46)33-27-31-39(45)38(44)30-25-21-19-18-20-24-29-36(43)28-23-6-4-2/h18-21,24-25,29-30,36-39,42-45H,3-17,22-23,26-28,31-35H2,1-2H3/b20-18-,21-19+,29-24+,30-25+/t36-,37+,38-,39-/m1/s1. The van der Waals surface area contributed by atoms with Crippen LogP contribution in [0.2, 0.25) is 0 Å². The minimum Gasteiger partial charge on any atom is -0.462 e. The molecule has 0 aliphatic carbocycles. The summed E-state index contributed by atoms with van der Waals surface area (Å²) in [7, 11) is 0. The molecule has 0 aromatic rings. The monoisotopic (exact) mass is 693 g/mol. The number of carbonyl (C=O) groups excluding carboxylic acids is 2. The summed E-state index contributed by atoms with van der Waals surface area (Å²) in [6.07, 6.45) is 34.0. The third-order valence-corrected chi connectivity index (χ3v) is 8.49. The van der Waals surface area contributed by atoms with Gasteiger partial charge in [0.1, 0.15) is 6.61 Å². The smallest absolute Gasteiger partial charge is 0.306 e. The molecule has 8 heteroatoms. The average molecular weight is 693 g/mol. The number of esters is 2. The van der Waals surface area contributed by atoms with Crippen molar-refractivity contribution in [1.82, 2.24) is 0 Å². The molecule has 8 nitrogen and oxygen atoms in total. The van der Waals surface area contributed by atoms with E-state index in [9.17, 15) is 30.0 Å². The van der Waals surface area contributed by atoms with Gasteiger partial charge in [0.05, 0.1) is 24.9 Å². The quantitative estimate of drug-likeness (QED) is 0.0299. The number of ether oxygens (including phenoxy) is 2. The van der Waals surface area contributed by atoms with Crippen LogP contribution in [0.3, 0.4) is 0 Å². The van der Waals surface area contributed by atoms with Crippen LogP contribution in [0.4, 0.5) is 0 Å². The van der Waals surface area contributed by atoms with E-state index in [2.05, 4.69) is 13.8 Å². The predicted molar refractivity (Wildman–Crippen MR) is 200 cm³/mol. The van der Waals surface area contributed by atoms with Gasteiger partial charge >= 0.3 is 11.9 Å². The van der Waals surface area contributed by atoms with Gasteiger partial charge in [-0.05, 0) is 25.7 Å². The van der Waals surface area contributed by atoms with E-state index in [4.69, 9.17) is 9.47 Å². The van der Waals surface area contributed by atoms with Gasteiger partial charge in [-0.2, -0.15) is 0 Å². The molecule has 284 valence electrons. The van der Waals surface area contributed by atoms with Crippen LogP contribution < -0.4 is 0 Å². The summed E-state index contributed by atoms with van der Waals surface area (Å²) in [5.74, 6) is -0.919. The molecule has 0 aromatic carbocycles. The number of rotatable bonds is 34. The highest BCUT2D eigenvalue weighted by molar-refractivity contribution is 5.70. The molecule has 49 heavy (non-hydrogen) atoms. The molecule has 0 bridgehead atoms. The Morgan fingerprint density at radius 1 is 0.551 bits per heavy atom. The summed E-state index contributed by atoms with van der Waals surface area (Å²) in [5, 5.41) is 39.7. The zero-order valence-electron chi connectivity index (χ0n) is 31.0. The molecule has 0 radical (unpaired) electrons. The maximum Gasteiger partial charge on any atom is 0.306 e.